The van der Waals surface area contributed by atoms with Gasteiger partial charge in [0.15, 0.2) is 0 Å². The Bertz CT molecular complexity index is 922. The predicted octanol–water partition coefficient (Wildman–Crippen LogP) is 3.77. The topological polar surface area (TPSA) is 67.4 Å². The molecule has 0 radical (unpaired) electrons. The Kier molecular flexibility index (Phi) is 5.84. The fourth-order valence-corrected chi connectivity index (χ4v) is 2.53. The molecule has 0 saturated carbocycles. The SMILES string of the molecule is CNC(=O)c1ccc(CNC(=O)c2cccc(Oc3ccccc3)c2)cc1. The van der Waals surface area contributed by atoms with E-state index in [4.69, 9.17) is 4.74 Å². The van der Waals surface area contributed by atoms with E-state index in [1.165, 1.54) is 0 Å². The summed E-state index contributed by atoms with van der Waals surface area (Å²) >= 11 is 0. The van der Waals surface area contributed by atoms with Crippen LogP contribution in [0.15, 0.2) is 78.9 Å². The van der Waals surface area contributed by atoms with Crippen LogP contribution in [-0.4, -0.2) is 18.9 Å². The summed E-state index contributed by atoms with van der Waals surface area (Å²) in [5.41, 5.74) is 2.01. The van der Waals surface area contributed by atoms with Crippen molar-refractivity contribution < 1.29 is 14.3 Å². The molecule has 0 saturated heterocycles. The highest BCUT2D eigenvalue weighted by atomic mass is 16.5. The molecule has 3 aromatic carbocycles. The maximum atomic E-state index is 12.4. The quantitative estimate of drug-likeness (QED) is 0.703. The minimum atomic E-state index is -0.191. The number of benzene rings is 3. The number of nitrogens with one attached hydrogen (secondary N) is 2. The summed E-state index contributed by atoms with van der Waals surface area (Å²) in [4.78, 5) is 24.0. The normalized spacial score (nSPS) is 10.1. The van der Waals surface area contributed by atoms with E-state index in [1.807, 2.05) is 42.5 Å². The molecule has 2 amide bonds. The first-order valence-corrected chi connectivity index (χ1v) is 8.58. The zero-order valence-corrected chi connectivity index (χ0v) is 14.9. The van der Waals surface area contributed by atoms with Gasteiger partial charge in [0, 0.05) is 24.7 Å². The van der Waals surface area contributed by atoms with Crippen LogP contribution in [0.4, 0.5) is 0 Å². The van der Waals surface area contributed by atoms with Gasteiger partial charge in [0.25, 0.3) is 11.8 Å². The smallest absolute Gasteiger partial charge is 0.251 e. The molecule has 0 aromatic heterocycles. The molecule has 0 unspecified atom stereocenters. The van der Waals surface area contributed by atoms with Crippen LogP contribution in [0.3, 0.4) is 0 Å². The van der Waals surface area contributed by atoms with Crippen molar-refractivity contribution in [3.05, 3.63) is 95.6 Å². The summed E-state index contributed by atoms with van der Waals surface area (Å²) in [5.74, 6) is 0.986. The van der Waals surface area contributed by atoms with Crippen molar-refractivity contribution >= 4 is 11.8 Å². The third-order valence-corrected chi connectivity index (χ3v) is 3.97. The Balaban J connectivity index is 1.61. The summed E-state index contributed by atoms with van der Waals surface area (Å²) < 4.78 is 5.76. The van der Waals surface area contributed by atoms with Crippen molar-refractivity contribution in [3.8, 4) is 11.5 Å². The van der Waals surface area contributed by atoms with Crippen LogP contribution in [0, 0.1) is 0 Å². The number of hydrogen-bond acceptors (Lipinski definition) is 3. The van der Waals surface area contributed by atoms with Gasteiger partial charge < -0.3 is 15.4 Å². The molecule has 3 aromatic rings. The summed E-state index contributed by atoms with van der Waals surface area (Å²) in [6.45, 7) is 0.372. The van der Waals surface area contributed by atoms with Gasteiger partial charge in [-0.05, 0) is 48.0 Å². The fraction of sp³-hybridized carbons (Fsp3) is 0.0909. The molecule has 0 aliphatic heterocycles. The molecule has 0 bridgehead atoms. The molecule has 0 fully saturated rings. The van der Waals surface area contributed by atoms with Gasteiger partial charge in [0.1, 0.15) is 11.5 Å². The monoisotopic (exact) mass is 360 g/mol. The van der Waals surface area contributed by atoms with Crippen molar-refractivity contribution in [3.63, 3.8) is 0 Å². The van der Waals surface area contributed by atoms with Crippen molar-refractivity contribution in [1.29, 1.82) is 0 Å². The Labute approximate surface area is 158 Å². The number of para-hydroxylation sites is 1. The number of carbonyl (C=O) groups excluding carboxylic acids is 2. The number of ether oxygens (including phenoxy) is 1. The van der Waals surface area contributed by atoms with Gasteiger partial charge in [0.05, 0.1) is 0 Å². The van der Waals surface area contributed by atoms with Gasteiger partial charge in [-0.2, -0.15) is 0 Å². The van der Waals surface area contributed by atoms with Gasteiger partial charge in [-0.3, -0.25) is 9.59 Å². The highest BCUT2D eigenvalue weighted by molar-refractivity contribution is 5.95. The molecule has 5 nitrogen and oxygen atoms in total. The van der Waals surface area contributed by atoms with Crippen LogP contribution in [0.5, 0.6) is 11.5 Å². The lowest BCUT2D eigenvalue weighted by Gasteiger charge is -2.09. The second kappa shape index (κ2) is 8.67. The molecule has 27 heavy (non-hydrogen) atoms. The maximum Gasteiger partial charge on any atom is 0.251 e. The molecule has 0 aliphatic carbocycles. The van der Waals surface area contributed by atoms with Crippen molar-refractivity contribution in [2.24, 2.45) is 0 Å². The summed E-state index contributed by atoms with van der Waals surface area (Å²) in [7, 11) is 1.59. The van der Waals surface area contributed by atoms with E-state index >= 15 is 0 Å². The standard InChI is InChI=1S/C22H20N2O3/c1-23-21(25)17-12-10-16(11-13-17)15-24-22(26)18-6-5-9-20(14-18)27-19-7-3-2-4-8-19/h2-14H,15H2,1H3,(H,23,25)(H,24,26). The van der Waals surface area contributed by atoms with E-state index in [0.717, 1.165) is 5.56 Å². The van der Waals surface area contributed by atoms with E-state index in [-0.39, 0.29) is 11.8 Å². The van der Waals surface area contributed by atoms with E-state index in [2.05, 4.69) is 10.6 Å². The molecule has 0 aliphatic rings. The molecule has 2 N–H and O–H groups in total. The van der Waals surface area contributed by atoms with Crippen LogP contribution in [0.2, 0.25) is 0 Å². The largest absolute Gasteiger partial charge is 0.457 e. The average Bonchev–Trinajstić information content (AvgIpc) is 2.72. The number of rotatable bonds is 6. The van der Waals surface area contributed by atoms with Crippen LogP contribution in [0.25, 0.3) is 0 Å². The first kappa shape index (κ1) is 18.2. The number of hydrogen-bond donors (Lipinski definition) is 2. The highest BCUT2D eigenvalue weighted by Gasteiger charge is 2.08. The van der Waals surface area contributed by atoms with Gasteiger partial charge in [-0.15, -0.1) is 0 Å². The third kappa shape index (κ3) is 4.95. The Morgan fingerprint density at radius 3 is 2.19 bits per heavy atom. The fourth-order valence-electron chi connectivity index (χ4n) is 2.53. The first-order valence-electron chi connectivity index (χ1n) is 8.58. The summed E-state index contributed by atoms with van der Waals surface area (Å²) in [6, 6.07) is 23.5. The van der Waals surface area contributed by atoms with E-state index in [9.17, 15) is 9.59 Å². The van der Waals surface area contributed by atoms with E-state index in [1.54, 1.807) is 43.4 Å². The molecular weight excluding hydrogens is 340 g/mol. The van der Waals surface area contributed by atoms with E-state index < -0.39 is 0 Å². The second-order valence-electron chi connectivity index (χ2n) is 5.90. The number of amides is 2. The third-order valence-electron chi connectivity index (χ3n) is 3.97. The van der Waals surface area contributed by atoms with Crippen molar-refractivity contribution in [1.82, 2.24) is 10.6 Å². The van der Waals surface area contributed by atoms with Crippen molar-refractivity contribution in [2.75, 3.05) is 7.05 Å². The first-order chi connectivity index (χ1) is 13.2. The lowest BCUT2D eigenvalue weighted by molar-refractivity contribution is 0.0945. The lowest BCUT2D eigenvalue weighted by Crippen LogP contribution is -2.23. The Morgan fingerprint density at radius 2 is 1.48 bits per heavy atom. The minimum Gasteiger partial charge on any atom is -0.457 e. The zero-order chi connectivity index (χ0) is 19.1. The zero-order valence-electron chi connectivity index (χ0n) is 14.9. The molecule has 3 rings (SSSR count). The molecular formula is C22H20N2O3. The van der Waals surface area contributed by atoms with Gasteiger partial charge in [-0.25, -0.2) is 0 Å². The van der Waals surface area contributed by atoms with Gasteiger partial charge in [-0.1, -0.05) is 36.4 Å². The average molecular weight is 360 g/mol. The van der Waals surface area contributed by atoms with Crippen LogP contribution >= 0.6 is 0 Å². The van der Waals surface area contributed by atoms with Gasteiger partial charge in [0.2, 0.25) is 0 Å². The number of carbonyl (C=O) groups is 2. The highest BCUT2D eigenvalue weighted by Crippen LogP contribution is 2.21. The predicted molar refractivity (Wildman–Crippen MR) is 104 cm³/mol. The lowest BCUT2D eigenvalue weighted by atomic mass is 10.1. The maximum absolute atomic E-state index is 12.4. The Hall–Kier alpha value is -3.60. The summed E-state index contributed by atoms with van der Waals surface area (Å²) in [6.07, 6.45) is 0. The van der Waals surface area contributed by atoms with Crippen LogP contribution in [-0.2, 0) is 6.54 Å². The van der Waals surface area contributed by atoms with E-state index in [0.29, 0.717) is 29.2 Å². The minimum absolute atomic E-state index is 0.138. The summed E-state index contributed by atoms with van der Waals surface area (Å²) in [5, 5.41) is 5.45. The molecule has 136 valence electrons. The molecule has 0 spiro atoms. The molecule has 0 atom stereocenters. The van der Waals surface area contributed by atoms with Crippen LogP contribution < -0.4 is 15.4 Å². The Morgan fingerprint density at radius 1 is 0.778 bits per heavy atom. The second-order valence-corrected chi connectivity index (χ2v) is 5.90. The molecule has 0 heterocycles. The van der Waals surface area contributed by atoms with Gasteiger partial charge >= 0.3 is 0 Å². The van der Waals surface area contributed by atoms with Crippen LogP contribution in [0.1, 0.15) is 26.3 Å². The van der Waals surface area contributed by atoms with Crippen molar-refractivity contribution in [2.45, 2.75) is 6.54 Å². The molecule has 5 heteroatoms.